The first-order valence-corrected chi connectivity index (χ1v) is 8.01. The number of aryl methyl sites for hydroxylation is 1. The monoisotopic (exact) mass is 376 g/mol. The number of nitrogens with zero attached hydrogens (tertiary/aromatic N) is 2. The molecular formula is C18H15ClF2N4O. The minimum absolute atomic E-state index is 0.302. The molecule has 0 saturated carbocycles. The molecule has 1 heterocycles. The predicted octanol–water partition coefficient (Wildman–Crippen LogP) is 5.21. The SMILES string of the molecule is COc1ccc(Cl)cc1Nc1nc(C)cc(Nc2ccc(F)c(F)c2)n1. The van der Waals surface area contributed by atoms with E-state index in [-0.39, 0.29) is 0 Å². The average molecular weight is 377 g/mol. The fraction of sp³-hybridized carbons (Fsp3) is 0.111. The van der Waals surface area contributed by atoms with Crippen LogP contribution in [0, 0.1) is 18.6 Å². The summed E-state index contributed by atoms with van der Waals surface area (Å²) in [6.45, 7) is 1.79. The van der Waals surface area contributed by atoms with Crippen LogP contribution in [0.4, 0.5) is 31.9 Å². The Labute approximate surface area is 154 Å². The van der Waals surface area contributed by atoms with Crippen LogP contribution in [-0.4, -0.2) is 17.1 Å². The molecule has 0 bridgehead atoms. The van der Waals surface area contributed by atoms with Crippen LogP contribution in [0.2, 0.25) is 5.02 Å². The summed E-state index contributed by atoms with van der Waals surface area (Å²) >= 11 is 6.02. The van der Waals surface area contributed by atoms with Crippen LogP contribution in [0.3, 0.4) is 0 Å². The number of anilines is 4. The van der Waals surface area contributed by atoms with E-state index < -0.39 is 11.6 Å². The van der Waals surface area contributed by atoms with Gasteiger partial charge >= 0.3 is 0 Å². The molecule has 8 heteroatoms. The normalized spacial score (nSPS) is 10.5. The Balaban J connectivity index is 1.88. The Morgan fingerprint density at radius 1 is 0.962 bits per heavy atom. The van der Waals surface area contributed by atoms with Crippen molar-refractivity contribution in [3.05, 3.63) is 64.8 Å². The van der Waals surface area contributed by atoms with E-state index >= 15 is 0 Å². The number of rotatable bonds is 5. The number of nitrogens with one attached hydrogen (secondary N) is 2. The highest BCUT2D eigenvalue weighted by atomic mass is 35.5. The van der Waals surface area contributed by atoms with Gasteiger partial charge in [0, 0.05) is 28.5 Å². The topological polar surface area (TPSA) is 59.1 Å². The van der Waals surface area contributed by atoms with Crippen molar-refractivity contribution in [2.24, 2.45) is 0 Å². The van der Waals surface area contributed by atoms with Gasteiger partial charge in [-0.1, -0.05) is 11.6 Å². The smallest absolute Gasteiger partial charge is 0.229 e. The van der Waals surface area contributed by atoms with Gasteiger partial charge in [-0.25, -0.2) is 13.8 Å². The van der Waals surface area contributed by atoms with Gasteiger partial charge in [-0.2, -0.15) is 4.98 Å². The lowest BCUT2D eigenvalue weighted by Gasteiger charge is -2.12. The molecular weight excluding hydrogens is 362 g/mol. The summed E-state index contributed by atoms with van der Waals surface area (Å²) in [7, 11) is 1.54. The molecule has 0 spiro atoms. The molecule has 0 aliphatic rings. The highest BCUT2D eigenvalue weighted by Crippen LogP contribution is 2.30. The van der Waals surface area contributed by atoms with E-state index in [1.807, 2.05) is 0 Å². The molecule has 134 valence electrons. The maximum Gasteiger partial charge on any atom is 0.229 e. The quantitative estimate of drug-likeness (QED) is 0.640. The van der Waals surface area contributed by atoms with Gasteiger partial charge in [0.15, 0.2) is 11.6 Å². The van der Waals surface area contributed by atoms with Crippen molar-refractivity contribution < 1.29 is 13.5 Å². The number of halogens is 3. The van der Waals surface area contributed by atoms with Crippen LogP contribution in [0.25, 0.3) is 0 Å². The first kappa shape index (κ1) is 17.9. The van der Waals surface area contributed by atoms with E-state index in [1.54, 1.807) is 38.3 Å². The molecule has 0 aliphatic carbocycles. The van der Waals surface area contributed by atoms with Crippen LogP contribution in [0.1, 0.15) is 5.69 Å². The Kier molecular flexibility index (Phi) is 5.18. The number of benzene rings is 2. The van der Waals surface area contributed by atoms with Crippen molar-refractivity contribution >= 4 is 34.7 Å². The Morgan fingerprint density at radius 3 is 2.50 bits per heavy atom. The number of ether oxygens (including phenoxy) is 1. The lowest BCUT2D eigenvalue weighted by molar-refractivity contribution is 0.417. The Hall–Kier alpha value is -2.93. The van der Waals surface area contributed by atoms with E-state index in [0.717, 1.165) is 12.1 Å². The molecule has 0 radical (unpaired) electrons. The maximum absolute atomic E-state index is 13.4. The van der Waals surface area contributed by atoms with Crippen LogP contribution in [-0.2, 0) is 0 Å². The Bertz CT molecular complexity index is 952. The fourth-order valence-corrected chi connectivity index (χ4v) is 2.48. The van der Waals surface area contributed by atoms with Crippen LogP contribution in [0.15, 0.2) is 42.5 Å². The third-order valence-electron chi connectivity index (χ3n) is 3.45. The lowest BCUT2D eigenvalue weighted by atomic mass is 10.3. The van der Waals surface area contributed by atoms with Crippen molar-refractivity contribution in [2.75, 3.05) is 17.7 Å². The minimum Gasteiger partial charge on any atom is -0.495 e. The van der Waals surface area contributed by atoms with E-state index in [9.17, 15) is 8.78 Å². The van der Waals surface area contributed by atoms with E-state index in [4.69, 9.17) is 16.3 Å². The molecule has 1 aromatic heterocycles. The largest absolute Gasteiger partial charge is 0.495 e. The molecule has 26 heavy (non-hydrogen) atoms. The summed E-state index contributed by atoms with van der Waals surface area (Å²) < 4.78 is 31.7. The molecule has 0 atom stereocenters. The van der Waals surface area contributed by atoms with Gasteiger partial charge in [-0.3, -0.25) is 0 Å². The summed E-state index contributed by atoms with van der Waals surface area (Å²) in [5, 5.41) is 6.50. The molecule has 2 aromatic carbocycles. The summed E-state index contributed by atoms with van der Waals surface area (Å²) in [6.07, 6.45) is 0. The van der Waals surface area contributed by atoms with E-state index in [1.165, 1.54) is 6.07 Å². The predicted molar refractivity (Wildman–Crippen MR) is 97.7 cm³/mol. The van der Waals surface area contributed by atoms with Crippen molar-refractivity contribution in [3.63, 3.8) is 0 Å². The summed E-state index contributed by atoms with van der Waals surface area (Å²) in [5.41, 5.74) is 1.64. The zero-order valence-electron chi connectivity index (χ0n) is 14.0. The third kappa shape index (κ3) is 4.18. The van der Waals surface area contributed by atoms with Gasteiger partial charge in [-0.15, -0.1) is 0 Å². The average Bonchev–Trinajstić information content (AvgIpc) is 2.58. The molecule has 0 amide bonds. The second kappa shape index (κ2) is 7.53. The molecule has 0 unspecified atom stereocenters. The zero-order chi connectivity index (χ0) is 18.7. The van der Waals surface area contributed by atoms with Gasteiger partial charge in [0.05, 0.1) is 12.8 Å². The highest BCUT2D eigenvalue weighted by molar-refractivity contribution is 6.31. The summed E-state index contributed by atoms with van der Waals surface area (Å²) in [6, 6.07) is 10.3. The fourth-order valence-electron chi connectivity index (χ4n) is 2.31. The lowest BCUT2D eigenvalue weighted by Crippen LogP contribution is -2.03. The molecule has 0 saturated heterocycles. The second-order valence-corrected chi connectivity index (χ2v) is 5.88. The number of hydrogen-bond acceptors (Lipinski definition) is 5. The number of aromatic nitrogens is 2. The molecule has 3 rings (SSSR count). The van der Waals surface area contributed by atoms with Crippen LogP contribution < -0.4 is 15.4 Å². The van der Waals surface area contributed by atoms with Crippen LogP contribution in [0.5, 0.6) is 5.75 Å². The number of methoxy groups -OCH3 is 1. The first-order valence-electron chi connectivity index (χ1n) is 7.63. The standard InChI is InChI=1S/C18H15ClF2N4O/c1-10-7-17(23-12-4-5-13(20)14(21)9-12)25-18(22-10)24-15-8-11(19)3-6-16(15)26-2/h3-9H,1-2H3,(H2,22,23,24,25). The molecule has 2 N–H and O–H groups in total. The molecule has 3 aromatic rings. The van der Waals surface area contributed by atoms with Crippen LogP contribution >= 0.6 is 11.6 Å². The highest BCUT2D eigenvalue weighted by Gasteiger charge is 2.09. The van der Waals surface area contributed by atoms with Gasteiger partial charge in [-0.05, 0) is 37.3 Å². The second-order valence-electron chi connectivity index (χ2n) is 5.44. The van der Waals surface area contributed by atoms with Crippen molar-refractivity contribution in [2.45, 2.75) is 6.92 Å². The van der Waals surface area contributed by atoms with Crippen molar-refractivity contribution in [1.29, 1.82) is 0 Å². The van der Waals surface area contributed by atoms with Crippen molar-refractivity contribution in [3.8, 4) is 5.75 Å². The van der Waals surface area contributed by atoms with Crippen molar-refractivity contribution in [1.82, 2.24) is 9.97 Å². The van der Waals surface area contributed by atoms with E-state index in [0.29, 0.717) is 39.6 Å². The number of hydrogen-bond donors (Lipinski definition) is 2. The van der Waals surface area contributed by atoms with Gasteiger partial charge in [0.25, 0.3) is 0 Å². The van der Waals surface area contributed by atoms with Gasteiger partial charge in [0.2, 0.25) is 5.95 Å². The van der Waals surface area contributed by atoms with Gasteiger partial charge < -0.3 is 15.4 Å². The summed E-state index contributed by atoms with van der Waals surface area (Å²) in [4.78, 5) is 8.65. The maximum atomic E-state index is 13.4. The molecule has 0 aliphatic heterocycles. The zero-order valence-corrected chi connectivity index (χ0v) is 14.7. The van der Waals surface area contributed by atoms with Gasteiger partial charge in [0.1, 0.15) is 11.6 Å². The summed E-state index contributed by atoms with van der Waals surface area (Å²) in [5.74, 6) is -0.551. The Morgan fingerprint density at radius 2 is 1.77 bits per heavy atom. The molecule has 0 fully saturated rings. The van der Waals surface area contributed by atoms with E-state index in [2.05, 4.69) is 20.6 Å². The minimum atomic E-state index is -0.942. The molecule has 5 nitrogen and oxygen atoms in total. The first-order chi connectivity index (χ1) is 12.4. The third-order valence-corrected chi connectivity index (χ3v) is 3.69.